The number of hydrogen-bond acceptors (Lipinski definition) is 5. The fourth-order valence-electron chi connectivity index (χ4n) is 0.968. The monoisotopic (exact) mass is 259 g/mol. The van der Waals surface area contributed by atoms with Crippen LogP contribution in [0, 0.1) is 0 Å². The predicted molar refractivity (Wildman–Crippen MR) is 52.3 cm³/mol. The highest BCUT2D eigenvalue weighted by atomic mass is 79.9. The molecule has 4 nitrogen and oxygen atoms in total. The van der Waals surface area contributed by atoms with Gasteiger partial charge in [0.2, 0.25) is 6.39 Å². The summed E-state index contributed by atoms with van der Waals surface area (Å²) in [6.45, 7) is 0. The Kier molecular flexibility index (Phi) is 2.43. The first-order valence-electron chi connectivity index (χ1n) is 3.52. The van der Waals surface area contributed by atoms with Gasteiger partial charge < -0.3 is 10.3 Å². The first-order chi connectivity index (χ1) is 6.29. The van der Waals surface area contributed by atoms with Gasteiger partial charge in [0.1, 0.15) is 0 Å². The highest BCUT2D eigenvalue weighted by Crippen LogP contribution is 2.28. The maximum absolute atomic E-state index is 5.90. The van der Waals surface area contributed by atoms with E-state index in [0.29, 0.717) is 5.82 Å². The first kappa shape index (κ1) is 8.86. The zero-order valence-electron chi connectivity index (χ0n) is 6.48. The van der Waals surface area contributed by atoms with Gasteiger partial charge in [-0.3, -0.25) is 0 Å². The fraction of sp³-hybridized carbons (Fsp3) is 0.143. The molecule has 1 atom stereocenters. The van der Waals surface area contributed by atoms with Crippen LogP contribution in [-0.4, -0.2) is 10.1 Å². The Labute approximate surface area is 86.9 Å². The molecule has 0 saturated heterocycles. The van der Waals surface area contributed by atoms with Crippen molar-refractivity contribution in [2.75, 3.05) is 0 Å². The number of halogens is 1. The third kappa shape index (κ3) is 1.65. The third-order valence-electron chi connectivity index (χ3n) is 1.63. The van der Waals surface area contributed by atoms with Gasteiger partial charge in [0, 0.05) is 15.4 Å². The van der Waals surface area contributed by atoms with Gasteiger partial charge >= 0.3 is 0 Å². The minimum atomic E-state index is -0.320. The molecule has 2 aromatic rings. The van der Waals surface area contributed by atoms with Gasteiger partial charge in [-0.1, -0.05) is 5.16 Å². The zero-order chi connectivity index (χ0) is 9.26. The second kappa shape index (κ2) is 3.57. The smallest absolute Gasteiger partial charge is 0.213 e. The minimum absolute atomic E-state index is 0.320. The van der Waals surface area contributed by atoms with Crippen molar-refractivity contribution in [1.82, 2.24) is 10.1 Å². The standard InChI is InChI=1S/C7H6BrN3OS/c8-5-2-13-1-4(5)6(9)7-10-3-12-11-7/h1-3,6H,9H2. The number of thiophene rings is 1. The van der Waals surface area contributed by atoms with E-state index >= 15 is 0 Å². The molecule has 2 rings (SSSR count). The molecule has 6 heteroatoms. The number of rotatable bonds is 2. The zero-order valence-corrected chi connectivity index (χ0v) is 8.88. The van der Waals surface area contributed by atoms with Crippen LogP contribution in [0.4, 0.5) is 0 Å². The molecule has 0 aromatic carbocycles. The molecule has 0 aliphatic heterocycles. The van der Waals surface area contributed by atoms with E-state index in [1.165, 1.54) is 6.39 Å². The molecule has 68 valence electrons. The molecule has 0 radical (unpaired) electrons. The van der Waals surface area contributed by atoms with Gasteiger partial charge in [0.25, 0.3) is 0 Å². The summed E-state index contributed by atoms with van der Waals surface area (Å²) in [5.41, 5.74) is 6.88. The van der Waals surface area contributed by atoms with E-state index in [0.717, 1.165) is 10.0 Å². The molecule has 0 saturated carbocycles. The molecular weight excluding hydrogens is 254 g/mol. The summed E-state index contributed by atoms with van der Waals surface area (Å²) in [7, 11) is 0. The molecular formula is C7H6BrN3OS. The van der Waals surface area contributed by atoms with Crippen molar-refractivity contribution in [2.45, 2.75) is 6.04 Å². The normalized spacial score (nSPS) is 13.1. The van der Waals surface area contributed by atoms with E-state index in [-0.39, 0.29) is 6.04 Å². The fourth-order valence-corrected chi connectivity index (χ4v) is 2.55. The Morgan fingerprint density at radius 3 is 2.92 bits per heavy atom. The summed E-state index contributed by atoms with van der Waals surface area (Å²) < 4.78 is 5.60. The van der Waals surface area contributed by atoms with Crippen LogP contribution in [0.3, 0.4) is 0 Å². The molecule has 0 aliphatic carbocycles. The topological polar surface area (TPSA) is 64.9 Å². The van der Waals surface area contributed by atoms with E-state index < -0.39 is 0 Å². The van der Waals surface area contributed by atoms with Crippen LogP contribution in [0.1, 0.15) is 17.4 Å². The summed E-state index contributed by atoms with van der Waals surface area (Å²) in [6, 6.07) is -0.320. The Bertz CT molecular complexity index is 386. The second-order valence-corrected chi connectivity index (χ2v) is 4.04. The van der Waals surface area contributed by atoms with Crippen molar-refractivity contribution in [3.8, 4) is 0 Å². The Balaban J connectivity index is 2.33. The van der Waals surface area contributed by atoms with Crippen LogP contribution in [0.25, 0.3) is 0 Å². The van der Waals surface area contributed by atoms with Crippen LogP contribution in [0.2, 0.25) is 0 Å². The van der Waals surface area contributed by atoms with Crippen molar-refractivity contribution in [1.29, 1.82) is 0 Å². The summed E-state index contributed by atoms with van der Waals surface area (Å²) in [5.74, 6) is 0.499. The van der Waals surface area contributed by atoms with Gasteiger partial charge in [-0.25, -0.2) is 0 Å². The van der Waals surface area contributed by atoms with Crippen LogP contribution in [-0.2, 0) is 0 Å². The number of hydrogen-bond donors (Lipinski definition) is 1. The third-order valence-corrected chi connectivity index (χ3v) is 3.39. The van der Waals surface area contributed by atoms with E-state index in [4.69, 9.17) is 5.73 Å². The molecule has 0 bridgehead atoms. The Hall–Kier alpha value is -0.720. The first-order valence-corrected chi connectivity index (χ1v) is 5.26. The molecule has 13 heavy (non-hydrogen) atoms. The highest BCUT2D eigenvalue weighted by Gasteiger charge is 2.16. The van der Waals surface area contributed by atoms with Gasteiger partial charge in [-0.15, -0.1) is 0 Å². The molecule has 0 fully saturated rings. The largest absolute Gasteiger partial charge is 0.343 e. The van der Waals surface area contributed by atoms with Gasteiger partial charge in [-0.05, 0) is 21.3 Å². The molecule has 2 aromatic heterocycles. The van der Waals surface area contributed by atoms with Crippen molar-refractivity contribution in [2.24, 2.45) is 5.73 Å². The van der Waals surface area contributed by atoms with Crippen molar-refractivity contribution >= 4 is 27.3 Å². The highest BCUT2D eigenvalue weighted by molar-refractivity contribution is 9.10. The Morgan fingerprint density at radius 2 is 2.38 bits per heavy atom. The van der Waals surface area contributed by atoms with E-state index in [9.17, 15) is 0 Å². The van der Waals surface area contributed by atoms with E-state index in [2.05, 4.69) is 30.6 Å². The van der Waals surface area contributed by atoms with Crippen molar-refractivity contribution in [3.63, 3.8) is 0 Å². The lowest BCUT2D eigenvalue weighted by Gasteiger charge is -2.04. The molecule has 2 heterocycles. The van der Waals surface area contributed by atoms with Crippen LogP contribution >= 0.6 is 27.3 Å². The average molecular weight is 260 g/mol. The van der Waals surface area contributed by atoms with Crippen molar-refractivity contribution in [3.05, 3.63) is 33.0 Å². The number of aromatic nitrogens is 2. The minimum Gasteiger partial charge on any atom is -0.343 e. The maximum atomic E-state index is 5.90. The predicted octanol–water partition coefficient (Wildman–Crippen LogP) is 1.94. The molecule has 0 amide bonds. The van der Waals surface area contributed by atoms with Gasteiger partial charge in [-0.2, -0.15) is 16.3 Å². The van der Waals surface area contributed by atoms with E-state index in [1.54, 1.807) is 11.3 Å². The van der Waals surface area contributed by atoms with Crippen LogP contribution in [0.5, 0.6) is 0 Å². The Morgan fingerprint density at radius 1 is 1.54 bits per heavy atom. The number of nitrogens with zero attached hydrogens (tertiary/aromatic N) is 2. The summed E-state index contributed by atoms with van der Waals surface area (Å²) in [6.07, 6.45) is 1.27. The van der Waals surface area contributed by atoms with Crippen molar-refractivity contribution < 1.29 is 4.52 Å². The quantitative estimate of drug-likeness (QED) is 0.896. The molecule has 1 unspecified atom stereocenters. The molecule has 2 N–H and O–H groups in total. The summed E-state index contributed by atoms with van der Waals surface area (Å²) in [5, 5.41) is 7.62. The average Bonchev–Trinajstić information content (AvgIpc) is 2.72. The molecule has 0 aliphatic rings. The second-order valence-electron chi connectivity index (χ2n) is 2.44. The number of nitrogens with two attached hydrogens (primary N) is 1. The lowest BCUT2D eigenvalue weighted by atomic mass is 10.1. The lowest BCUT2D eigenvalue weighted by molar-refractivity contribution is 0.407. The summed E-state index contributed by atoms with van der Waals surface area (Å²) in [4.78, 5) is 3.89. The van der Waals surface area contributed by atoms with Crippen LogP contribution < -0.4 is 5.73 Å². The van der Waals surface area contributed by atoms with Gasteiger partial charge in [0.15, 0.2) is 5.82 Å². The SMILES string of the molecule is NC(c1ncon1)c1cscc1Br. The van der Waals surface area contributed by atoms with Crippen LogP contribution in [0.15, 0.2) is 26.1 Å². The van der Waals surface area contributed by atoms with Gasteiger partial charge in [0.05, 0.1) is 6.04 Å². The lowest BCUT2D eigenvalue weighted by Crippen LogP contribution is -2.12. The molecule has 0 spiro atoms. The maximum Gasteiger partial charge on any atom is 0.213 e. The van der Waals surface area contributed by atoms with E-state index in [1.807, 2.05) is 10.8 Å². The summed E-state index contributed by atoms with van der Waals surface area (Å²) >= 11 is 4.98.